The van der Waals surface area contributed by atoms with Crippen molar-refractivity contribution in [1.29, 1.82) is 5.26 Å². The van der Waals surface area contributed by atoms with E-state index in [-0.39, 0.29) is 0 Å². The Labute approximate surface area is 108 Å². The molecule has 1 atom stereocenters. The molecular formula is C14H10BrNO. The average Bonchev–Trinajstić information content (AvgIpc) is 2.39. The van der Waals surface area contributed by atoms with E-state index in [1.165, 1.54) is 0 Å². The Hall–Kier alpha value is -1.63. The molecule has 0 aromatic heterocycles. The van der Waals surface area contributed by atoms with Crippen molar-refractivity contribution in [2.75, 3.05) is 0 Å². The molecular weight excluding hydrogens is 278 g/mol. The average molecular weight is 288 g/mol. The van der Waals surface area contributed by atoms with Crippen LogP contribution in [0.5, 0.6) is 0 Å². The second-order valence-corrected chi connectivity index (χ2v) is 4.52. The van der Waals surface area contributed by atoms with Crippen molar-refractivity contribution in [3.05, 3.63) is 69.7 Å². The first-order valence-electron chi connectivity index (χ1n) is 5.15. The third-order valence-electron chi connectivity index (χ3n) is 2.53. The van der Waals surface area contributed by atoms with Crippen LogP contribution in [0.1, 0.15) is 22.8 Å². The Morgan fingerprint density at radius 2 is 1.82 bits per heavy atom. The van der Waals surface area contributed by atoms with Gasteiger partial charge in [-0.05, 0) is 23.8 Å². The standard InChI is InChI=1S/C14H10BrNO/c15-13-7-6-10(9-16)8-12(13)14(17)11-4-2-1-3-5-11/h1-8,14,17H. The van der Waals surface area contributed by atoms with Gasteiger partial charge in [-0.15, -0.1) is 0 Å². The number of halogens is 1. The van der Waals surface area contributed by atoms with Gasteiger partial charge in [-0.1, -0.05) is 46.3 Å². The minimum Gasteiger partial charge on any atom is -0.384 e. The van der Waals surface area contributed by atoms with Gasteiger partial charge in [0.1, 0.15) is 6.10 Å². The van der Waals surface area contributed by atoms with Crippen molar-refractivity contribution in [2.24, 2.45) is 0 Å². The number of nitrogens with zero attached hydrogens (tertiary/aromatic N) is 1. The molecule has 2 aromatic carbocycles. The molecule has 0 amide bonds. The summed E-state index contributed by atoms with van der Waals surface area (Å²) in [7, 11) is 0. The number of aliphatic hydroxyl groups is 1. The molecule has 0 saturated heterocycles. The highest BCUT2D eigenvalue weighted by atomic mass is 79.9. The lowest BCUT2D eigenvalue weighted by Gasteiger charge is -2.13. The van der Waals surface area contributed by atoms with Crippen molar-refractivity contribution in [3.63, 3.8) is 0 Å². The zero-order valence-corrected chi connectivity index (χ0v) is 10.6. The molecule has 0 spiro atoms. The van der Waals surface area contributed by atoms with Crippen LogP contribution >= 0.6 is 15.9 Å². The van der Waals surface area contributed by atoms with E-state index in [1.807, 2.05) is 30.3 Å². The highest BCUT2D eigenvalue weighted by molar-refractivity contribution is 9.10. The van der Waals surface area contributed by atoms with Gasteiger partial charge in [0.15, 0.2) is 0 Å². The molecule has 0 fully saturated rings. The van der Waals surface area contributed by atoms with E-state index in [0.717, 1.165) is 10.0 Å². The summed E-state index contributed by atoms with van der Waals surface area (Å²) < 4.78 is 0.799. The van der Waals surface area contributed by atoms with Gasteiger partial charge in [-0.25, -0.2) is 0 Å². The second kappa shape index (κ2) is 5.13. The second-order valence-electron chi connectivity index (χ2n) is 3.66. The lowest BCUT2D eigenvalue weighted by atomic mass is 10.00. The predicted molar refractivity (Wildman–Crippen MR) is 69.4 cm³/mol. The first-order chi connectivity index (χ1) is 8.22. The highest BCUT2D eigenvalue weighted by Crippen LogP contribution is 2.29. The Bertz CT molecular complexity index is 560. The van der Waals surface area contributed by atoms with Crippen LogP contribution in [0.4, 0.5) is 0 Å². The van der Waals surface area contributed by atoms with E-state index in [4.69, 9.17) is 5.26 Å². The van der Waals surface area contributed by atoms with Crippen LogP contribution < -0.4 is 0 Å². The molecule has 17 heavy (non-hydrogen) atoms. The number of hydrogen-bond donors (Lipinski definition) is 1. The SMILES string of the molecule is N#Cc1ccc(Br)c(C(O)c2ccccc2)c1. The molecule has 0 bridgehead atoms. The zero-order valence-electron chi connectivity index (χ0n) is 8.97. The van der Waals surface area contributed by atoms with Crippen LogP contribution in [-0.4, -0.2) is 5.11 Å². The summed E-state index contributed by atoms with van der Waals surface area (Å²) >= 11 is 3.39. The zero-order chi connectivity index (χ0) is 12.3. The van der Waals surface area contributed by atoms with Gasteiger partial charge in [0.2, 0.25) is 0 Å². The topological polar surface area (TPSA) is 44.0 Å². The lowest BCUT2D eigenvalue weighted by molar-refractivity contribution is 0.219. The fraction of sp³-hybridized carbons (Fsp3) is 0.0714. The van der Waals surface area contributed by atoms with E-state index in [2.05, 4.69) is 22.0 Å². The minimum atomic E-state index is -0.723. The molecule has 2 rings (SSSR count). The molecule has 2 aromatic rings. The number of benzene rings is 2. The maximum Gasteiger partial charge on any atom is 0.105 e. The molecule has 0 heterocycles. The number of hydrogen-bond acceptors (Lipinski definition) is 2. The molecule has 0 aliphatic heterocycles. The molecule has 1 unspecified atom stereocenters. The van der Waals surface area contributed by atoms with Gasteiger partial charge >= 0.3 is 0 Å². The third kappa shape index (κ3) is 2.55. The summed E-state index contributed by atoms with van der Waals surface area (Å²) in [6, 6.07) is 16.6. The van der Waals surface area contributed by atoms with Gasteiger partial charge in [-0.3, -0.25) is 0 Å². The first kappa shape index (κ1) is 11.8. The van der Waals surface area contributed by atoms with E-state index in [9.17, 15) is 5.11 Å². The number of nitriles is 1. The Balaban J connectivity index is 2.44. The summed E-state index contributed by atoms with van der Waals surface area (Å²) in [6.07, 6.45) is -0.723. The minimum absolute atomic E-state index is 0.540. The third-order valence-corrected chi connectivity index (χ3v) is 3.26. The smallest absolute Gasteiger partial charge is 0.105 e. The Kier molecular flexibility index (Phi) is 3.58. The summed E-state index contributed by atoms with van der Waals surface area (Å²) in [5, 5.41) is 19.1. The molecule has 0 aliphatic carbocycles. The molecule has 0 saturated carbocycles. The molecule has 2 nitrogen and oxygen atoms in total. The fourth-order valence-corrected chi connectivity index (χ4v) is 2.10. The lowest BCUT2D eigenvalue weighted by Crippen LogP contribution is -2.00. The van der Waals surface area contributed by atoms with E-state index in [1.54, 1.807) is 18.2 Å². The normalized spacial score (nSPS) is 11.8. The van der Waals surface area contributed by atoms with E-state index < -0.39 is 6.10 Å². The van der Waals surface area contributed by atoms with E-state index >= 15 is 0 Å². The Morgan fingerprint density at radius 1 is 1.12 bits per heavy atom. The molecule has 0 aliphatic rings. The van der Waals surface area contributed by atoms with Crippen molar-refractivity contribution in [2.45, 2.75) is 6.10 Å². The summed E-state index contributed by atoms with van der Waals surface area (Å²) in [5.41, 5.74) is 2.05. The number of aliphatic hydroxyl groups excluding tert-OH is 1. The van der Waals surface area contributed by atoms with Crippen LogP contribution in [0.15, 0.2) is 53.0 Å². The van der Waals surface area contributed by atoms with Crippen molar-refractivity contribution < 1.29 is 5.11 Å². The van der Waals surface area contributed by atoms with Crippen LogP contribution in [0, 0.1) is 11.3 Å². The van der Waals surface area contributed by atoms with Gasteiger partial charge < -0.3 is 5.11 Å². The van der Waals surface area contributed by atoms with Crippen LogP contribution in [-0.2, 0) is 0 Å². The van der Waals surface area contributed by atoms with Crippen molar-refractivity contribution >= 4 is 15.9 Å². The van der Waals surface area contributed by atoms with Crippen LogP contribution in [0.3, 0.4) is 0 Å². The molecule has 1 N–H and O–H groups in total. The van der Waals surface area contributed by atoms with Gasteiger partial charge in [0.25, 0.3) is 0 Å². The quantitative estimate of drug-likeness (QED) is 0.920. The molecule has 3 heteroatoms. The molecule has 84 valence electrons. The van der Waals surface area contributed by atoms with Crippen molar-refractivity contribution in [1.82, 2.24) is 0 Å². The summed E-state index contributed by atoms with van der Waals surface area (Å²) in [5.74, 6) is 0. The highest BCUT2D eigenvalue weighted by Gasteiger charge is 2.13. The maximum atomic E-state index is 10.3. The monoisotopic (exact) mass is 287 g/mol. The molecule has 0 radical (unpaired) electrons. The van der Waals surface area contributed by atoms with Gasteiger partial charge in [-0.2, -0.15) is 5.26 Å². The Morgan fingerprint density at radius 3 is 2.47 bits per heavy atom. The summed E-state index contributed by atoms with van der Waals surface area (Å²) in [6.45, 7) is 0. The first-order valence-corrected chi connectivity index (χ1v) is 5.94. The van der Waals surface area contributed by atoms with Crippen LogP contribution in [0.25, 0.3) is 0 Å². The van der Waals surface area contributed by atoms with Crippen LogP contribution in [0.2, 0.25) is 0 Å². The largest absolute Gasteiger partial charge is 0.384 e. The van der Waals surface area contributed by atoms with Gasteiger partial charge in [0, 0.05) is 10.0 Å². The van der Waals surface area contributed by atoms with E-state index in [0.29, 0.717) is 11.1 Å². The van der Waals surface area contributed by atoms with Gasteiger partial charge in [0.05, 0.1) is 11.6 Å². The fourth-order valence-electron chi connectivity index (χ4n) is 1.64. The number of rotatable bonds is 2. The summed E-state index contributed by atoms with van der Waals surface area (Å²) in [4.78, 5) is 0. The predicted octanol–water partition coefficient (Wildman–Crippen LogP) is 3.40. The van der Waals surface area contributed by atoms with Crippen molar-refractivity contribution in [3.8, 4) is 6.07 Å². The maximum absolute atomic E-state index is 10.3.